The molecule has 0 aromatic heterocycles. The van der Waals surface area contributed by atoms with Crippen molar-refractivity contribution in [2.24, 2.45) is 0 Å². The summed E-state index contributed by atoms with van der Waals surface area (Å²) in [5.74, 6) is -0.261. The Morgan fingerprint density at radius 3 is 2.71 bits per heavy atom. The van der Waals surface area contributed by atoms with Crippen LogP contribution >= 0.6 is 0 Å². The van der Waals surface area contributed by atoms with Crippen LogP contribution in [0.5, 0.6) is 5.75 Å². The number of benzene rings is 1. The molecule has 1 heterocycles. The molecule has 0 bridgehead atoms. The van der Waals surface area contributed by atoms with Crippen LogP contribution < -0.4 is 10.1 Å². The molecule has 2 amide bonds. The van der Waals surface area contributed by atoms with Crippen molar-refractivity contribution in [2.45, 2.75) is 0 Å². The van der Waals surface area contributed by atoms with Crippen LogP contribution in [-0.4, -0.2) is 67.5 Å². The molecule has 1 aliphatic rings. The van der Waals surface area contributed by atoms with Crippen LogP contribution in [-0.2, 0) is 9.59 Å². The van der Waals surface area contributed by atoms with Gasteiger partial charge < -0.3 is 15.0 Å². The molecule has 0 saturated carbocycles. The average Bonchev–Trinajstić information content (AvgIpc) is 2.58. The van der Waals surface area contributed by atoms with E-state index in [0.29, 0.717) is 45.0 Å². The van der Waals surface area contributed by atoms with Crippen molar-refractivity contribution in [3.8, 4) is 5.75 Å². The molecule has 1 saturated heterocycles. The molecule has 6 nitrogen and oxygen atoms in total. The maximum absolute atomic E-state index is 13.1. The standard InChI is InChI=1S/C17H22FN3O3/c1-2-6-19-16(22)12-20-7-9-21(10-8-20)17(23)13-24-15-5-3-4-14(18)11-15/h2-5,11H,1,6-10,12-13H2,(H,19,22). The molecule has 1 N–H and O–H groups in total. The van der Waals surface area contributed by atoms with Crippen LogP contribution in [0, 0.1) is 5.82 Å². The molecule has 0 aliphatic carbocycles. The van der Waals surface area contributed by atoms with E-state index in [0.717, 1.165) is 0 Å². The molecular formula is C17H22FN3O3. The van der Waals surface area contributed by atoms with Crippen molar-refractivity contribution < 1.29 is 18.7 Å². The van der Waals surface area contributed by atoms with E-state index in [2.05, 4.69) is 11.9 Å². The Kier molecular flexibility index (Phi) is 6.74. The van der Waals surface area contributed by atoms with Crippen LogP contribution in [0.25, 0.3) is 0 Å². The van der Waals surface area contributed by atoms with Gasteiger partial charge in [-0.05, 0) is 12.1 Å². The van der Waals surface area contributed by atoms with Crippen molar-refractivity contribution in [1.29, 1.82) is 0 Å². The second kappa shape index (κ2) is 9.02. The topological polar surface area (TPSA) is 61.9 Å². The molecule has 130 valence electrons. The van der Waals surface area contributed by atoms with Gasteiger partial charge in [-0.15, -0.1) is 6.58 Å². The minimum atomic E-state index is -0.400. The summed E-state index contributed by atoms with van der Waals surface area (Å²) in [5, 5.41) is 2.73. The molecule has 0 spiro atoms. The summed E-state index contributed by atoms with van der Waals surface area (Å²) in [7, 11) is 0. The van der Waals surface area contributed by atoms with Crippen molar-refractivity contribution in [3.63, 3.8) is 0 Å². The molecule has 24 heavy (non-hydrogen) atoms. The monoisotopic (exact) mass is 335 g/mol. The van der Waals surface area contributed by atoms with Crippen LogP contribution in [0.15, 0.2) is 36.9 Å². The Bertz CT molecular complexity index is 586. The number of halogens is 1. The maximum atomic E-state index is 13.1. The summed E-state index contributed by atoms with van der Waals surface area (Å²) < 4.78 is 18.4. The summed E-state index contributed by atoms with van der Waals surface area (Å²) in [6.07, 6.45) is 1.63. The van der Waals surface area contributed by atoms with E-state index < -0.39 is 5.82 Å². The van der Waals surface area contributed by atoms with E-state index >= 15 is 0 Å². The third kappa shape index (κ3) is 5.66. The first-order valence-electron chi connectivity index (χ1n) is 7.84. The van der Waals surface area contributed by atoms with Crippen molar-refractivity contribution in [1.82, 2.24) is 15.1 Å². The summed E-state index contributed by atoms with van der Waals surface area (Å²) in [6, 6.07) is 5.70. The quantitative estimate of drug-likeness (QED) is 0.744. The molecular weight excluding hydrogens is 313 g/mol. The third-order valence-corrected chi connectivity index (χ3v) is 3.69. The Balaban J connectivity index is 1.70. The molecule has 1 aliphatic heterocycles. The van der Waals surface area contributed by atoms with Gasteiger partial charge in [0.05, 0.1) is 6.54 Å². The van der Waals surface area contributed by atoms with Gasteiger partial charge in [0.2, 0.25) is 5.91 Å². The van der Waals surface area contributed by atoms with Crippen LogP contribution in [0.1, 0.15) is 0 Å². The largest absolute Gasteiger partial charge is 0.484 e. The van der Waals surface area contributed by atoms with Gasteiger partial charge >= 0.3 is 0 Å². The predicted molar refractivity (Wildman–Crippen MR) is 88.1 cm³/mol. The first-order valence-corrected chi connectivity index (χ1v) is 7.84. The Hall–Kier alpha value is -2.41. The summed E-state index contributed by atoms with van der Waals surface area (Å²) in [5.41, 5.74) is 0. The maximum Gasteiger partial charge on any atom is 0.260 e. The molecule has 0 radical (unpaired) electrons. The lowest BCUT2D eigenvalue weighted by atomic mass is 10.3. The van der Waals surface area contributed by atoms with Gasteiger partial charge in [0.1, 0.15) is 11.6 Å². The number of hydrogen-bond donors (Lipinski definition) is 1. The zero-order chi connectivity index (χ0) is 17.4. The molecule has 0 unspecified atom stereocenters. The van der Waals surface area contributed by atoms with Crippen molar-refractivity contribution in [2.75, 3.05) is 45.9 Å². The highest BCUT2D eigenvalue weighted by molar-refractivity contribution is 5.79. The number of piperazine rings is 1. The van der Waals surface area contributed by atoms with Gasteiger partial charge in [-0.2, -0.15) is 0 Å². The Morgan fingerprint density at radius 1 is 1.29 bits per heavy atom. The average molecular weight is 335 g/mol. The van der Waals surface area contributed by atoms with E-state index in [1.165, 1.54) is 18.2 Å². The van der Waals surface area contributed by atoms with Gasteiger partial charge in [0.15, 0.2) is 6.61 Å². The number of amides is 2. The second-order valence-electron chi connectivity index (χ2n) is 5.50. The fraction of sp³-hybridized carbons (Fsp3) is 0.412. The summed E-state index contributed by atoms with van der Waals surface area (Å²) >= 11 is 0. The van der Waals surface area contributed by atoms with E-state index in [1.54, 1.807) is 17.0 Å². The van der Waals surface area contributed by atoms with E-state index in [1.807, 2.05) is 4.90 Å². The number of carbonyl (C=O) groups is 2. The Morgan fingerprint density at radius 2 is 2.04 bits per heavy atom. The minimum absolute atomic E-state index is 0.0517. The van der Waals surface area contributed by atoms with Gasteiger partial charge in [0.25, 0.3) is 5.91 Å². The smallest absolute Gasteiger partial charge is 0.260 e. The molecule has 1 fully saturated rings. The second-order valence-corrected chi connectivity index (χ2v) is 5.50. The van der Waals surface area contributed by atoms with Gasteiger partial charge in [0, 0.05) is 38.8 Å². The number of carbonyl (C=O) groups excluding carboxylic acids is 2. The van der Waals surface area contributed by atoms with Gasteiger partial charge in [-0.1, -0.05) is 12.1 Å². The predicted octanol–water partition coefficient (Wildman–Crippen LogP) is 0.651. The lowest BCUT2D eigenvalue weighted by Gasteiger charge is -2.34. The van der Waals surface area contributed by atoms with Gasteiger partial charge in [-0.25, -0.2) is 4.39 Å². The first kappa shape index (κ1) is 17.9. The molecule has 1 aromatic rings. The van der Waals surface area contributed by atoms with E-state index in [9.17, 15) is 14.0 Å². The summed E-state index contributed by atoms with van der Waals surface area (Å²) in [6.45, 7) is 6.54. The van der Waals surface area contributed by atoms with Crippen LogP contribution in [0.4, 0.5) is 4.39 Å². The van der Waals surface area contributed by atoms with Crippen molar-refractivity contribution in [3.05, 3.63) is 42.7 Å². The van der Waals surface area contributed by atoms with Crippen molar-refractivity contribution >= 4 is 11.8 Å². The van der Waals surface area contributed by atoms with Crippen LogP contribution in [0.2, 0.25) is 0 Å². The Labute approximate surface area is 140 Å². The third-order valence-electron chi connectivity index (χ3n) is 3.69. The molecule has 1 aromatic carbocycles. The van der Waals surface area contributed by atoms with E-state index in [4.69, 9.17) is 4.74 Å². The lowest BCUT2D eigenvalue weighted by Crippen LogP contribution is -2.52. The molecule has 7 heteroatoms. The zero-order valence-electron chi connectivity index (χ0n) is 13.5. The minimum Gasteiger partial charge on any atom is -0.484 e. The highest BCUT2D eigenvalue weighted by Crippen LogP contribution is 2.12. The number of nitrogens with one attached hydrogen (secondary N) is 1. The number of nitrogens with zero attached hydrogens (tertiary/aromatic N) is 2. The number of hydrogen-bond acceptors (Lipinski definition) is 4. The number of rotatable bonds is 7. The van der Waals surface area contributed by atoms with Gasteiger partial charge in [-0.3, -0.25) is 14.5 Å². The molecule has 2 rings (SSSR count). The highest BCUT2D eigenvalue weighted by atomic mass is 19.1. The lowest BCUT2D eigenvalue weighted by molar-refractivity contribution is -0.135. The van der Waals surface area contributed by atoms with E-state index in [-0.39, 0.29) is 18.4 Å². The zero-order valence-corrected chi connectivity index (χ0v) is 13.5. The number of ether oxygens (including phenoxy) is 1. The SMILES string of the molecule is C=CCNC(=O)CN1CCN(C(=O)COc2cccc(F)c2)CC1. The molecule has 0 atom stereocenters. The normalized spacial score (nSPS) is 15.0. The summed E-state index contributed by atoms with van der Waals surface area (Å²) in [4.78, 5) is 27.5. The highest BCUT2D eigenvalue weighted by Gasteiger charge is 2.22. The van der Waals surface area contributed by atoms with Crippen LogP contribution in [0.3, 0.4) is 0 Å². The fourth-order valence-electron chi connectivity index (χ4n) is 2.39. The fourth-order valence-corrected chi connectivity index (χ4v) is 2.39. The first-order chi connectivity index (χ1) is 11.6.